The molecule has 0 aliphatic heterocycles. The highest BCUT2D eigenvalue weighted by molar-refractivity contribution is 6.02. The van der Waals surface area contributed by atoms with E-state index < -0.39 is 0 Å². The van der Waals surface area contributed by atoms with Gasteiger partial charge in [0.2, 0.25) is 0 Å². The third-order valence-corrected chi connectivity index (χ3v) is 3.54. The van der Waals surface area contributed by atoms with Crippen molar-refractivity contribution in [1.82, 2.24) is 5.43 Å². The molecule has 5 nitrogen and oxygen atoms in total. The van der Waals surface area contributed by atoms with Crippen molar-refractivity contribution in [3.63, 3.8) is 0 Å². The molecule has 1 amide bonds. The Morgan fingerprint density at radius 3 is 2.36 bits per heavy atom. The first-order chi connectivity index (χ1) is 12.1. The molecule has 0 fully saturated rings. The fourth-order valence-corrected chi connectivity index (χ4v) is 2.32. The summed E-state index contributed by atoms with van der Waals surface area (Å²) in [5.74, 6) is 0.830. The van der Waals surface area contributed by atoms with Gasteiger partial charge in [0.15, 0.2) is 0 Å². The van der Waals surface area contributed by atoms with Gasteiger partial charge in [0, 0.05) is 5.69 Å². The van der Waals surface area contributed by atoms with Gasteiger partial charge in [-0.2, -0.15) is 5.10 Å². The molecule has 0 saturated carbocycles. The molecule has 0 aromatic heterocycles. The summed E-state index contributed by atoms with van der Waals surface area (Å²) in [7, 11) is 0. The van der Waals surface area contributed by atoms with Crippen LogP contribution in [0.5, 0.6) is 5.75 Å². The van der Waals surface area contributed by atoms with Crippen molar-refractivity contribution in [2.45, 2.75) is 20.8 Å². The Kier molecular flexibility index (Phi) is 7.01. The number of ether oxygens (including phenoxy) is 1. The van der Waals surface area contributed by atoms with Crippen molar-refractivity contribution in [2.24, 2.45) is 11.0 Å². The molecule has 0 saturated heterocycles. The second kappa shape index (κ2) is 9.47. The van der Waals surface area contributed by atoms with E-state index in [0.717, 1.165) is 22.7 Å². The quantitative estimate of drug-likeness (QED) is 0.570. The third kappa shape index (κ3) is 5.95. The van der Waals surface area contributed by atoms with Crippen LogP contribution in [0, 0.1) is 5.92 Å². The van der Waals surface area contributed by atoms with E-state index in [1.807, 2.05) is 61.5 Å². The highest BCUT2D eigenvalue weighted by Crippen LogP contribution is 2.15. The number of rotatable bonds is 8. The Morgan fingerprint density at radius 2 is 1.76 bits per heavy atom. The van der Waals surface area contributed by atoms with Gasteiger partial charge in [0.05, 0.1) is 18.9 Å². The van der Waals surface area contributed by atoms with Crippen LogP contribution in [-0.4, -0.2) is 24.8 Å². The molecule has 0 aliphatic rings. The summed E-state index contributed by atoms with van der Waals surface area (Å²) in [6.45, 7) is 6.83. The highest BCUT2D eigenvalue weighted by atomic mass is 16.5. The average Bonchev–Trinajstić information content (AvgIpc) is 2.62. The molecule has 0 atom stereocenters. The molecular formula is C20H25N3O2. The summed E-state index contributed by atoms with van der Waals surface area (Å²) in [5, 5.41) is 7.37. The molecular weight excluding hydrogens is 314 g/mol. The van der Waals surface area contributed by atoms with Crippen molar-refractivity contribution in [3.8, 4) is 5.75 Å². The van der Waals surface area contributed by atoms with Crippen LogP contribution in [0.2, 0.25) is 0 Å². The van der Waals surface area contributed by atoms with E-state index in [4.69, 9.17) is 4.74 Å². The van der Waals surface area contributed by atoms with Crippen molar-refractivity contribution in [3.05, 3.63) is 60.2 Å². The van der Waals surface area contributed by atoms with E-state index in [0.29, 0.717) is 6.61 Å². The molecule has 0 radical (unpaired) electrons. The summed E-state index contributed by atoms with van der Waals surface area (Å²) in [6, 6.07) is 17.4. The molecule has 2 N–H and O–H groups in total. The molecule has 2 rings (SSSR count). The van der Waals surface area contributed by atoms with Gasteiger partial charge in [0.1, 0.15) is 5.75 Å². The SMILES string of the molecule is CCOc1ccc(NCC(=O)N/N=C(/c2ccccc2)C(C)C)cc1. The lowest BCUT2D eigenvalue weighted by molar-refractivity contribution is -0.119. The summed E-state index contributed by atoms with van der Waals surface area (Å²) < 4.78 is 5.39. The molecule has 5 heteroatoms. The number of hydrogen-bond donors (Lipinski definition) is 2. The van der Waals surface area contributed by atoms with Crippen LogP contribution in [0.25, 0.3) is 0 Å². The lowest BCUT2D eigenvalue weighted by Crippen LogP contribution is -2.28. The first-order valence-electron chi connectivity index (χ1n) is 8.48. The molecule has 0 aliphatic carbocycles. The number of carbonyl (C=O) groups excluding carboxylic acids is 1. The van der Waals surface area contributed by atoms with Gasteiger partial charge in [-0.3, -0.25) is 4.79 Å². The zero-order valence-electron chi connectivity index (χ0n) is 15.0. The minimum absolute atomic E-state index is 0.150. The number of anilines is 1. The van der Waals surface area contributed by atoms with Gasteiger partial charge in [-0.1, -0.05) is 44.2 Å². The fraction of sp³-hybridized carbons (Fsp3) is 0.300. The van der Waals surface area contributed by atoms with Crippen LogP contribution >= 0.6 is 0 Å². The molecule has 2 aromatic rings. The zero-order chi connectivity index (χ0) is 18.1. The Hall–Kier alpha value is -2.82. The first kappa shape index (κ1) is 18.5. The Labute approximate surface area is 149 Å². The largest absolute Gasteiger partial charge is 0.494 e. The number of carbonyl (C=O) groups is 1. The second-order valence-electron chi connectivity index (χ2n) is 5.86. The van der Waals surface area contributed by atoms with E-state index in [9.17, 15) is 4.79 Å². The van der Waals surface area contributed by atoms with E-state index >= 15 is 0 Å². The lowest BCUT2D eigenvalue weighted by atomic mass is 10.0. The maximum Gasteiger partial charge on any atom is 0.259 e. The lowest BCUT2D eigenvalue weighted by Gasteiger charge is -2.11. The number of amides is 1. The van der Waals surface area contributed by atoms with Crippen LogP contribution in [0.15, 0.2) is 59.7 Å². The Bertz CT molecular complexity index is 695. The van der Waals surface area contributed by atoms with Crippen LogP contribution in [-0.2, 0) is 4.79 Å². The molecule has 0 unspecified atom stereocenters. The van der Waals surface area contributed by atoms with Crippen LogP contribution in [0.4, 0.5) is 5.69 Å². The van der Waals surface area contributed by atoms with Crippen molar-refractivity contribution >= 4 is 17.3 Å². The minimum Gasteiger partial charge on any atom is -0.494 e. The fourth-order valence-electron chi connectivity index (χ4n) is 2.32. The molecule has 0 spiro atoms. The van der Waals surface area contributed by atoms with Crippen molar-refractivity contribution < 1.29 is 9.53 Å². The van der Waals surface area contributed by atoms with E-state index in [1.54, 1.807) is 0 Å². The number of hydrazone groups is 1. The predicted molar refractivity (Wildman–Crippen MR) is 102 cm³/mol. The summed E-state index contributed by atoms with van der Waals surface area (Å²) in [6.07, 6.45) is 0. The molecule has 132 valence electrons. The zero-order valence-corrected chi connectivity index (χ0v) is 15.0. The van der Waals surface area contributed by atoms with Crippen molar-refractivity contribution in [1.29, 1.82) is 0 Å². The van der Waals surface area contributed by atoms with Gasteiger partial charge in [-0.05, 0) is 42.7 Å². The molecule has 0 bridgehead atoms. The predicted octanol–water partition coefficient (Wildman–Crippen LogP) is 3.67. The maximum atomic E-state index is 12.0. The van der Waals surface area contributed by atoms with Gasteiger partial charge >= 0.3 is 0 Å². The number of hydrogen-bond acceptors (Lipinski definition) is 4. The Balaban J connectivity index is 1.90. The standard InChI is InChI=1S/C20H25N3O2/c1-4-25-18-12-10-17(11-13-18)21-14-19(24)22-23-20(15(2)3)16-8-6-5-7-9-16/h5-13,15,21H,4,14H2,1-3H3,(H,22,24)/b23-20+. The smallest absolute Gasteiger partial charge is 0.259 e. The van der Waals surface area contributed by atoms with E-state index in [2.05, 4.69) is 29.7 Å². The number of nitrogens with zero attached hydrogens (tertiary/aromatic N) is 1. The topological polar surface area (TPSA) is 62.7 Å². The van der Waals surface area contributed by atoms with E-state index in [1.165, 1.54) is 0 Å². The van der Waals surface area contributed by atoms with Crippen LogP contribution in [0.1, 0.15) is 26.3 Å². The van der Waals surface area contributed by atoms with Gasteiger partial charge < -0.3 is 10.1 Å². The second-order valence-corrected chi connectivity index (χ2v) is 5.86. The van der Waals surface area contributed by atoms with Gasteiger partial charge in [-0.15, -0.1) is 0 Å². The first-order valence-corrected chi connectivity index (χ1v) is 8.48. The van der Waals surface area contributed by atoms with E-state index in [-0.39, 0.29) is 18.4 Å². The van der Waals surface area contributed by atoms with Crippen LogP contribution in [0.3, 0.4) is 0 Å². The molecule has 2 aromatic carbocycles. The molecule has 0 heterocycles. The normalized spacial score (nSPS) is 11.3. The summed E-state index contributed by atoms with van der Waals surface area (Å²) in [4.78, 5) is 12.0. The maximum absolute atomic E-state index is 12.0. The van der Waals surface area contributed by atoms with Crippen molar-refractivity contribution in [2.75, 3.05) is 18.5 Å². The Morgan fingerprint density at radius 1 is 1.08 bits per heavy atom. The monoisotopic (exact) mass is 339 g/mol. The van der Waals surface area contributed by atoms with Crippen LogP contribution < -0.4 is 15.5 Å². The highest BCUT2D eigenvalue weighted by Gasteiger charge is 2.09. The number of nitrogens with one attached hydrogen (secondary N) is 2. The van der Waals surface area contributed by atoms with Gasteiger partial charge in [-0.25, -0.2) is 5.43 Å². The average molecular weight is 339 g/mol. The third-order valence-electron chi connectivity index (χ3n) is 3.54. The molecule has 25 heavy (non-hydrogen) atoms. The summed E-state index contributed by atoms with van der Waals surface area (Å²) >= 11 is 0. The van der Waals surface area contributed by atoms with Gasteiger partial charge in [0.25, 0.3) is 5.91 Å². The minimum atomic E-state index is -0.192. The number of benzene rings is 2. The summed E-state index contributed by atoms with van der Waals surface area (Å²) in [5.41, 5.74) is 5.35.